The van der Waals surface area contributed by atoms with Crippen LogP contribution in [0.15, 0.2) is 0 Å². The summed E-state index contributed by atoms with van der Waals surface area (Å²) >= 11 is 1.62. The molecule has 0 rings (SSSR count). The van der Waals surface area contributed by atoms with Crippen molar-refractivity contribution in [1.82, 2.24) is 3.28 Å². The van der Waals surface area contributed by atoms with Gasteiger partial charge < -0.3 is 0 Å². The lowest BCUT2D eigenvalue weighted by atomic mass is 10.0. The number of nitrogens with zero attached hydrogens (tertiary/aromatic N) is 1. The number of carbonyl (C=O) groups excluding carboxylic acids is 1. The molecule has 0 aliphatic carbocycles. The lowest BCUT2D eigenvalue weighted by Crippen LogP contribution is -2.15. The van der Waals surface area contributed by atoms with Gasteiger partial charge in [0.25, 0.3) is 5.91 Å². The Bertz CT molecular complexity index is 458. The van der Waals surface area contributed by atoms with Gasteiger partial charge in [0.2, 0.25) is 0 Å². The summed E-state index contributed by atoms with van der Waals surface area (Å²) in [5.41, 5.74) is 0. The van der Waals surface area contributed by atoms with E-state index in [9.17, 15) is 4.79 Å². The molecule has 0 saturated heterocycles. The summed E-state index contributed by atoms with van der Waals surface area (Å²) in [6, 6.07) is 0. The van der Waals surface area contributed by atoms with E-state index in [1.54, 1.807) is 22.9 Å². The van der Waals surface area contributed by atoms with E-state index in [2.05, 4.69) is 6.92 Å². The van der Waals surface area contributed by atoms with Gasteiger partial charge in [-0.05, 0) is 6.42 Å². The van der Waals surface area contributed by atoms with Crippen molar-refractivity contribution in [2.45, 2.75) is 212 Å². The number of hydrogen-bond acceptors (Lipinski definition) is 2. The molecular formula is C34H68INO2. The van der Waals surface area contributed by atoms with Crippen molar-refractivity contribution in [3.63, 3.8) is 0 Å². The summed E-state index contributed by atoms with van der Waals surface area (Å²) < 4.78 is 0.681. The van der Waals surface area contributed by atoms with Crippen molar-refractivity contribution in [3.8, 4) is 0 Å². The topological polar surface area (TPSA) is 40.5 Å². The van der Waals surface area contributed by atoms with Gasteiger partial charge in [-0.3, -0.25) is 10.0 Å². The minimum atomic E-state index is -0.180. The van der Waals surface area contributed by atoms with Gasteiger partial charge in [0.1, 0.15) is 0 Å². The predicted molar refractivity (Wildman–Crippen MR) is 176 cm³/mol. The summed E-state index contributed by atoms with van der Waals surface area (Å²) in [5.74, 6) is -0.180. The number of halogens is 1. The smallest absolute Gasteiger partial charge is 0.255 e. The van der Waals surface area contributed by atoms with Gasteiger partial charge in [0.05, 0.1) is 22.9 Å². The summed E-state index contributed by atoms with van der Waals surface area (Å²) in [6.45, 7) is 2.30. The molecule has 0 saturated carbocycles. The number of carbonyl (C=O) groups is 1. The maximum Gasteiger partial charge on any atom is 0.255 e. The Balaban J connectivity index is 3.05. The molecule has 0 fully saturated rings. The van der Waals surface area contributed by atoms with Crippen LogP contribution < -0.4 is 0 Å². The molecule has 38 heavy (non-hydrogen) atoms. The molecule has 0 aromatic rings. The van der Waals surface area contributed by atoms with Crippen LogP contribution in [0.5, 0.6) is 0 Å². The van der Waals surface area contributed by atoms with Crippen LogP contribution in [0.2, 0.25) is 0 Å². The third-order valence-electron chi connectivity index (χ3n) is 8.20. The van der Waals surface area contributed by atoms with Crippen LogP contribution >= 0.6 is 22.9 Å². The van der Waals surface area contributed by atoms with Crippen molar-refractivity contribution in [3.05, 3.63) is 0 Å². The summed E-state index contributed by atoms with van der Waals surface area (Å²) in [4.78, 5) is 11.3. The fourth-order valence-corrected chi connectivity index (χ4v) is 5.81. The van der Waals surface area contributed by atoms with Gasteiger partial charge in [0, 0.05) is 6.42 Å². The van der Waals surface area contributed by atoms with Crippen molar-refractivity contribution >= 4 is 28.8 Å². The minimum absolute atomic E-state index is 0.180. The first-order valence-electron chi connectivity index (χ1n) is 17.4. The molecule has 0 aromatic heterocycles. The molecule has 0 spiro atoms. The molecule has 0 aliphatic rings. The highest BCUT2D eigenvalue weighted by molar-refractivity contribution is 14.1. The van der Waals surface area contributed by atoms with Crippen LogP contribution in [-0.4, -0.2) is 14.4 Å². The molecule has 1 amide bonds. The highest BCUT2D eigenvalue weighted by Crippen LogP contribution is 2.17. The van der Waals surface area contributed by atoms with Crippen LogP contribution in [0.1, 0.15) is 212 Å². The lowest BCUT2D eigenvalue weighted by Gasteiger charge is -2.05. The van der Waals surface area contributed by atoms with Gasteiger partial charge in [-0.15, -0.1) is 0 Å². The molecule has 0 heterocycles. The zero-order chi connectivity index (χ0) is 27.8. The van der Waals surface area contributed by atoms with Gasteiger partial charge in [0.15, 0.2) is 0 Å². The molecular weight excluding hydrogens is 581 g/mol. The summed E-state index contributed by atoms with van der Waals surface area (Å²) in [6.07, 6.45) is 44.1. The molecule has 0 aliphatic heterocycles. The molecule has 0 bridgehead atoms. The van der Waals surface area contributed by atoms with Gasteiger partial charge in [-0.1, -0.05) is 200 Å². The minimum Gasteiger partial charge on any atom is -0.276 e. The van der Waals surface area contributed by atoms with E-state index >= 15 is 0 Å². The molecule has 0 atom stereocenters. The Morgan fingerprint density at radius 2 is 0.605 bits per heavy atom. The van der Waals surface area contributed by atoms with E-state index in [0.717, 1.165) is 12.8 Å². The van der Waals surface area contributed by atoms with Crippen LogP contribution in [0.4, 0.5) is 0 Å². The van der Waals surface area contributed by atoms with Crippen LogP contribution in [-0.2, 0) is 4.79 Å². The second-order valence-corrected chi connectivity index (χ2v) is 12.9. The van der Waals surface area contributed by atoms with Gasteiger partial charge in [-0.2, -0.15) is 3.28 Å². The third kappa shape index (κ3) is 32.4. The number of rotatable bonds is 32. The van der Waals surface area contributed by atoms with E-state index in [0.29, 0.717) is 9.70 Å². The Morgan fingerprint density at radius 1 is 0.421 bits per heavy atom. The summed E-state index contributed by atoms with van der Waals surface area (Å²) in [7, 11) is 0. The Hall–Kier alpha value is 0.160. The van der Waals surface area contributed by atoms with Crippen molar-refractivity contribution in [2.24, 2.45) is 0 Å². The van der Waals surface area contributed by atoms with Crippen LogP contribution in [0, 0.1) is 0 Å². The standard InChI is InChI=1S/C34H68INO2/c1-2-3-4-5-6-7-8-9-10-11-12-13-14-15-16-17-18-19-20-21-22-23-24-25-26-27-28-29-30-31-32-33-34(37)36(35)38/h38H,2-33H2,1H3. The quantitative estimate of drug-likeness (QED) is 0.0259. The molecule has 0 aromatic carbocycles. The number of hydroxylamine groups is 1. The molecule has 228 valence electrons. The van der Waals surface area contributed by atoms with Gasteiger partial charge >= 0.3 is 0 Å². The monoisotopic (exact) mass is 649 g/mol. The Labute approximate surface area is 253 Å². The Morgan fingerprint density at radius 3 is 0.789 bits per heavy atom. The SMILES string of the molecule is CCCCCCCCCCCCCCCCCCCCCCCCCCCCCCCCCC(=O)N(O)I. The molecule has 3 nitrogen and oxygen atoms in total. The maximum atomic E-state index is 11.3. The molecule has 4 heteroatoms. The number of amides is 1. The zero-order valence-corrected chi connectivity index (χ0v) is 28.0. The van der Waals surface area contributed by atoms with Crippen LogP contribution in [0.25, 0.3) is 0 Å². The Kier molecular flexibility index (Phi) is 33.5. The second kappa shape index (κ2) is 33.4. The molecule has 0 unspecified atom stereocenters. The van der Waals surface area contributed by atoms with Crippen molar-refractivity contribution in [1.29, 1.82) is 0 Å². The highest BCUT2D eigenvalue weighted by atomic mass is 127. The zero-order valence-electron chi connectivity index (χ0n) is 25.8. The lowest BCUT2D eigenvalue weighted by molar-refractivity contribution is -0.141. The molecule has 1 N–H and O–H groups in total. The largest absolute Gasteiger partial charge is 0.276 e. The number of unbranched alkanes of at least 4 members (excludes halogenated alkanes) is 30. The van der Waals surface area contributed by atoms with Crippen LogP contribution in [0.3, 0.4) is 0 Å². The average molecular weight is 650 g/mol. The van der Waals surface area contributed by atoms with Crippen molar-refractivity contribution in [2.75, 3.05) is 0 Å². The first kappa shape index (κ1) is 38.2. The summed E-state index contributed by atoms with van der Waals surface area (Å²) in [5, 5.41) is 9.00. The fourth-order valence-electron chi connectivity index (χ4n) is 5.57. The normalized spacial score (nSPS) is 11.3. The average Bonchev–Trinajstić information content (AvgIpc) is 2.91. The fraction of sp³-hybridized carbons (Fsp3) is 0.971. The van der Waals surface area contributed by atoms with Crippen molar-refractivity contribution < 1.29 is 10.0 Å². The predicted octanol–water partition coefficient (Wildman–Crippen LogP) is 13.1. The highest BCUT2D eigenvalue weighted by Gasteiger charge is 2.05. The second-order valence-electron chi connectivity index (χ2n) is 12.0. The molecule has 0 radical (unpaired) electrons. The number of hydrogen-bond donors (Lipinski definition) is 1. The van der Waals surface area contributed by atoms with E-state index in [1.165, 1.54) is 186 Å². The van der Waals surface area contributed by atoms with E-state index in [1.807, 2.05) is 0 Å². The third-order valence-corrected chi connectivity index (χ3v) is 8.74. The van der Waals surface area contributed by atoms with E-state index in [-0.39, 0.29) is 5.91 Å². The van der Waals surface area contributed by atoms with Gasteiger partial charge in [-0.25, -0.2) is 0 Å². The first-order chi connectivity index (χ1) is 18.7. The first-order valence-corrected chi connectivity index (χ1v) is 18.3. The maximum absolute atomic E-state index is 11.3. The van der Waals surface area contributed by atoms with E-state index in [4.69, 9.17) is 5.21 Å². The van der Waals surface area contributed by atoms with E-state index < -0.39 is 0 Å².